The lowest BCUT2D eigenvalue weighted by atomic mass is 9.86. The lowest BCUT2D eigenvalue weighted by Gasteiger charge is -2.24. The third-order valence-corrected chi connectivity index (χ3v) is 4.49. The van der Waals surface area contributed by atoms with Crippen molar-refractivity contribution in [1.29, 1.82) is 0 Å². The Morgan fingerprint density at radius 3 is 2.00 bits per heavy atom. The Bertz CT molecular complexity index is 578. The van der Waals surface area contributed by atoms with Crippen LogP contribution in [0.15, 0.2) is 23.1 Å². The summed E-state index contributed by atoms with van der Waals surface area (Å²) >= 11 is 0. The summed E-state index contributed by atoms with van der Waals surface area (Å²) < 4.78 is 32.7. The van der Waals surface area contributed by atoms with E-state index >= 15 is 0 Å². The van der Waals surface area contributed by atoms with Crippen LogP contribution in [0.4, 0.5) is 0 Å². The standard InChI is InChI=1S/C15H25NO3S/c1-14(2,3)12-10-11(8-9-13(12)19-7)20(17,18)16-15(4,5)6/h8-10,16H,1-7H3. The molecule has 0 unspecified atom stereocenters. The van der Waals surface area contributed by atoms with E-state index in [0.717, 1.165) is 5.56 Å². The average Bonchev–Trinajstić information content (AvgIpc) is 2.23. The number of nitrogens with one attached hydrogen (secondary N) is 1. The molecule has 0 aliphatic rings. The second-order valence-electron chi connectivity index (χ2n) is 6.97. The van der Waals surface area contributed by atoms with Gasteiger partial charge < -0.3 is 4.74 Å². The first-order chi connectivity index (χ1) is 8.87. The first-order valence-corrected chi connectivity index (χ1v) is 8.08. The molecule has 0 aliphatic heterocycles. The van der Waals surface area contributed by atoms with Gasteiger partial charge in [0.1, 0.15) is 5.75 Å². The minimum Gasteiger partial charge on any atom is -0.496 e. The Morgan fingerprint density at radius 1 is 1.05 bits per heavy atom. The van der Waals surface area contributed by atoms with Gasteiger partial charge in [0.25, 0.3) is 0 Å². The Morgan fingerprint density at radius 2 is 1.60 bits per heavy atom. The van der Waals surface area contributed by atoms with Crippen molar-refractivity contribution in [3.63, 3.8) is 0 Å². The van der Waals surface area contributed by atoms with Gasteiger partial charge in [0.2, 0.25) is 10.0 Å². The number of hydrogen-bond acceptors (Lipinski definition) is 3. The minimum atomic E-state index is -3.53. The van der Waals surface area contributed by atoms with Crippen LogP contribution < -0.4 is 9.46 Å². The number of sulfonamides is 1. The first-order valence-electron chi connectivity index (χ1n) is 6.59. The van der Waals surface area contributed by atoms with Crippen LogP contribution in [0.3, 0.4) is 0 Å². The fourth-order valence-electron chi connectivity index (χ4n) is 1.90. The monoisotopic (exact) mass is 299 g/mol. The van der Waals surface area contributed by atoms with Gasteiger partial charge in [-0.15, -0.1) is 0 Å². The van der Waals surface area contributed by atoms with E-state index in [9.17, 15) is 8.42 Å². The summed E-state index contributed by atoms with van der Waals surface area (Å²) in [5.74, 6) is 0.701. The number of benzene rings is 1. The second kappa shape index (κ2) is 5.37. The van der Waals surface area contributed by atoms with Crippen LogP contribution in [-0.4, -0.2) is 21.1 Å². The summed E-state index contributed by atoms with van der Waals surface area (Å²) in [6, 6.07) is 4.97. The largest absolute Gasteiger partial charge is 0.496 e. The molecule has 1 aromatic carbocycles. The van der Waals surface area contributed by atoms with Gasteiger partial charge in [0, 0.05) is 11.1 Å². The predicted molar refractivity (Wildman–Crippen MR) is 81.8 cm³/mol. The molecule has 0 heterocycles. The van der Waals surface area contributed by atoms with E-state index < -0.39 is 15.6 Å². The van der Waals surface area contributed by atoms with Gasteiger partial charge in [-0.2, -0.15) is 0 Å². The summed E-state index contributed by atoms with van der Waals surface area (Å²) in [7, 11) is -1.94. The van der Waals surface area contributed by atoms with Gasteiger partial charge in [0.15, 0.2) is 0 Å². The van der Waals surface area contributed by atoms with Crippen LogP contribution in [0.5, 0.6) is 5.75 Å². The Labute approximate surface area is 122 Å². The molecule has 1 aromatic rings. The number of rotatable bonds is 3. The van der Waals surface area contributed by atoms with E-state index in [0.29, 0.717) is 5.75 Å². The molecule has 114 valence electrons. The van der Waals surface area contributed by atoms with Gasteiger partial charge in [-0.1, -0.05) is 20.8 Å². The third kappa shape index (κ3) is 4.21. The molecule has 0 saturated carbocycles. The highest BCUT2D eigenvalue weighted by Crippen LogP contribution is 2.33. The van der Waals surface area contributed by atoms with Gasteiger partial charge in [0.05, 0.1) is 12.0 Å². The fraction of sp³-hybridized carbons (Fsp3) is 0.600. The Balaban J connectivity index is 3.36. The molecule has 0 bridgehead atoms. The maximum atomic E-state index is 12.4. The van der Waals surface area contributed by atoms with Crippen molar-refractivity contribution in [1.82, 2.24) is 4.72 Å². The van der Waals surface area contributed by atoms with E-state index in [2.05, 4.69) is 4.72 Å². The zero-order valence-corrected chi connectivity index (χ0v) is 14.2. The minimum absolute atomic E-state index is 0.196. The highest BCUT2D eigenvalue weighted by Gasteiger charge is 2.25. The zero-order chi connectivity index (χ0) is 15.8. The second-order valence-corrected chi connectivity index (χ2v) is 8.65. The fourth-order valence-corrected chi connectivity index (χ4v) is 3.35. The lowest BCUT2D eigenvalue weighted by Crippen LogP contribution is -2.40. The van der Waals surface area contributed by atoms with Gasteiger partial charge in [-0.3, -0.25) is 0 Å². The highest BCUT2D eigenvalue weighted by atomic mass is 32.2. The van der Waals surface area contributed by atoms with E-state index in [1.54, 1.807) is 25.3 Å². The van der Waals surface area contributed by atoms with E-state index in [1.807, 2.05) is 41.5 Å². The summed E-state index contributed by atoms with van der Waals surface area (Å²) in [4.78, 5) is 0.262. The number of ether oxygens (including phenoxy) is 1. The normalized spacial score (nSPS) is 13.3. The summed E-state index contributed by atoms with van der Waals surface area (Å²) in [5, 5.41) is 0. The van der Waals surface area contributed by atoms with Crippen molar-refractivity contribution in [2.45, 2.75) is 57.4 Å². The number of hydrogen-bond donors (Lipinski definition) is 1. The first kappa shape index (κ1) is 17.0. The summed E-state index contributed by atoms with van der Waals surface area (Å²) in [6.45, 7) is 11.5. The van der Waals surface area contributed by atoms with Crippen molar-refractivity contribution in [2.75, 3.05) is 7.11 Å². The summed E-state index contributed by atoms with van der Waals surface area (Å²) in [6.07, 6.45) is 0. The Hall–Kier alpha value is -1.07. The van der Waals surface area contributed by atoms with Gasteiger partial charge in [-0.05, 0) is 44.4 Å². The molecule has 0 saturated heterocycles. The molecule has 0 aliphatic carbocycles. The van der Waals surface area contributed by atoms with Crippen LogP contribution in [0.1, 0.15) is 47.1 Å². The van der Waals surface area contributed by atoms with E-state index in [1.165, 1.54) is 0 Å². The predicted octanol–water partition coefficient (Wildman–Crippen LogP) is 3.07. The van der Waals surface area contributed by atoms with Crippen molar-refractivity contribution >= 4 is 10.0 Å². The molecule has 0 amide bonds. The molecule has 0 fully saturated rings. The highest BCUT2D eigenvalue weighted by molar-refractivity contribution is 7.89. The van der Waals surface area contributed by atoms with Crippen LogP contribution in [0, 0.1) is 0 Å². The van der Waals surface area contributed by atoms with Crippen molar-refractivity contribution < 1.29 is 13.2 Å². The topological polar surface area (TPSA) is 55.4 Å². The molecule has 1 rings (SSSR count). The SMILES string of the molecule is COc1ccc(S(=O)(=O)NC(C)(C)C)cc1C(C)(C)C. The third-order valence-electron chi connectivity index (χ3n) is 2.73. The molecule has 5 heteroatoms. The molecule has 0 radical (unpaired) electrons. The average molecular weight is 299 g/mol. The van der Waals surface area contributed by atoms with Crippen LogP contribution in [0.25, 0.3) is 0 Å². The van der Waals surface area contributed by atoms with Gasteiger partial charge in [-0.25, -0.2) is 13.1 Å². The summed E-state index contributed by atoms with van der Waals surface area (Å²) in [5.41, 5.74) is 0.163. The maximum Gasteiger partial charge on any atom is 0.241 e. The zero-order valence-electron chi connectivity index (χ0n) is 13.4. The lowest BCUT2D eigenvalue weighted by molar-refractivity contribution is 0.397. The smallest absolute Gasteiger partial charge is 0.241 e. The molecular formula is C15H25NO3S. The molecule has 0 atom stereocenters. The van der Waals surface area contributed by atoms with Crippen molar-refractivity contribution in [2.24, 2.45) is 0 Å². The molecule has 1 N–H and O–H groups in total. The molecule has 20 heavy (non-hydrogen) atoms. The quantitative estimate of drug-likeness (QED) is 0.933. The van der Waals surface area contributed by atoms with Crippen LogP contribution >= 0.6 is 0 Å². The Kier molecular flexibility index (Phi) is 4.56. The maximum absolute atomic E-state index is 12.4. The molecular weight excluding hydrogens is 274 g/mol. The molecule has 0 spiro atoms. The van der Waals surface area contributed by atoms with Crippen LogP contribution in [-0.2, 0) is 15.4 Å². The molecule has 4 nitrogen and oxygen atoms in total. The van der Waals surface area contributed by atoms with Gasteiger partial charge >= 0.3 is 0 Å². The van der Waals surface area contributed by atoms with E-state index in [4.69, 9.17) is 4.74 Å². The molecule has 0 aromatic heterocycles. The van der Waals surface area contributed by atoms with E-state index in [-0.39, 0.29) is 10.3 Å². The van der Waals surface area contributed by atoms with Crippen molar-refractivity contribution in [3.05, 3.63) is 23.8 Å². The number of methoxy groups -OCH3 is 1. The van der Waals surface area contributed by atoms with Crippen molar-refractivity contribution in [3.8, 4) is 5.75 Å². The van der Waals surface area contributed by atoms with Crippen LogP contribution in [0.2, 0.25) is 0 Å².